The molecule has 1 aromatic rings. The van der Waals surface area contributed by atoms with Gasteiger partial charge in [0.25, 0.3) is 0 Å². The molecule has 2 atom stereocenters. The van der Waals surface area contributed by atoms with Gasteiger partial charge in [0.05, 0.1) is 18.8 Å². The number of ether oxygens (including phenoxy) is 1. The number of aryl methyl sites for hydroxylation is 1. The zero-order valence-electron chi connectivity index (χ0n) is 11.6. The molecule has 3 N–H and O–H groups in total. The van der Waals surface area contributed by atoms with Gasteiger partial charge in [-0.25, -0.2) is 4.98 Å². The minimum absolute atomic E-state index is 0.119. The van der Waals surface area contributed by atoms with E-state index in [1.54, 1.807) is 0 Å². The molecule has 1 aromatic heterocycles. The summed E-state index contributed by atoms with van der Waals surface area (Å²) >= 11 is 0. The number of fused-ring (bicyclic) bond motifs is 1. The maximum absolute atomic E-state index is 8.84. The molecule has 0 bridgehead atoms. The minimum atomic E-state index is 0.119. The van der Waals surface area contributed by atoms with Gasteiger partial charge >= 0.3 is 0 Å². The SMILES string of the molecule is Cc1cc(/C(N)=N/O)cc(N2CCOC3CCCC32)n1. The van der Waals surface area contributed by atoms with Crippen LogP contribution in [-0.2, 0) is 4.74 Å². The molecule has 2 heterocycles. The lowest BCUT2D eigenvalue weighted by Gasteiger charge is -2.38. The first-order valence-corrected chi connectivity index (χ1v) is 7.04. The summed E-state index contributed by atoms with van der Waals surface area (Å²) in [6.45, 7) is 3.49. The lowest BCUT2D eigenvalue weighted by Crippen LogP contribution is -2.49. The maximum Gasteiger partial charge on any atom is 0.170 e. The lowest BCUT2D eigenvalue weighted by molar-refractivity contribution is 0.0253. The van der Waals surface area contributed by atoms with Gasteiger partial charge < -0.3 is 20.6 Å². The van der Waals surface area contributed by atoms with E-state index in [1.165, 1.54) is 6.42 Å². The van der Waals surface area contributed by atoms with Crippen LogP contribution >= 0.6 is 0 Å². The van der Waals surface area contributed by atoms with Crippen molar-refractivity contribution in [1.82, 2.24) is 4.98 Å². The van der Waals surface area contributed by atoms with Crippen LogP contribution in [0.4, 0.5) is 5.82 Å². The lowest BCUT2D eigenvalue weighted by atomic mass is 10.1. The molecule has 6 nitrogen and oxygen atoms in total. The fourth-order valence-electron chi connectivity index (χ4n) is 3.21. The van der Waals surface area contributed by atoms with Crippen LogP contribution < -0.4 is 10.6 Å². The Morgan fingerprint density at radius 2 is 2.35 bits per heavy atom. The smallest absolute Gasteiger partial charge is 0.170 e. The Kier molecular flexibility index (Phi) is 3.48. The van der Waals surface area contributed by atoms with Gasteiger partial charge in [-0.15, -0.1) is 0 Å². The molecule has 1 aliphatic carbocycles. The largest absolute Gasteiger partial charge is 0.409 e. The quantitative estimate of drug-likeness (QED) is 0.367. The van der Waals surface area contributed by atoms with Crippen molar-refractivity contribution in [2.75, 3.05) is 18.1 Å². The zero-order valence-corrected chi connectivity index (χ0v) is 11.6. The van der Waals surface area contributed by atoms with E-state index in [0.717, 1.165) is 37.5 Å². The van der Waals surface area contributed by atoms with Crippen molar-refractivity contribution in [2.45, 2.75) is 38.3 Å². The van der Waals surface area contributed by atoms with Gasteiger partial charge in [-0.1, -0.05) is 5.16 Å². The van der Waals surface area contributed by atoms with E-state index in [2.05, 4.69) is 15.0 Å². The Bertz CT molecular complexity index is 532. The number of rotatable bonds is 2. The van der Waals surface area contributed by atoms with E-state index >= 15 is 0 Å². The summed E-state index contributed by atoms with van der Waals surface area (Å²) in [7, 11) is 0. The number of aromatic nitrogens is 1. The highest BCUT2D eigenvalue weighted by Gasteiger charge is 2.36. The second-order valence-corrected chi connectivity index (χ2v) is 5.44. The van der Waals surface area contributed by atoms with E-state index in [9.17, 15) is 0 Å². The van der Waals surface area contributed by atoms with Crippen molar-refractivity contribution in [2.24, 2.45) is 10.9 Å². The van der Waals surface area contributed by atoms with Crippen LogP contribution in [0.25, 0.3) is 0 Å². The molecule has 2 unspecified atom stereocenters. The molecule has 2 fully saturated rings. The van der Waals surface area contributed by atoms with Gasteiger partial charge in [0.15, 0.2) is 5.84 Å². The number of anilines is 1. The highest BCUT2D eigenvalue weighted by molar-refractivity contribution is 5.97. The van der Waals surface area contributed by atoms with Crippen LogP contribution in [0.3, 0.4) is 0 Å². The Morgan fingerprint density at radius 1 is 1.50 bits per heavy atom. The molecule has 20 heavy (non-hydrogen) atoms. The van der Waals surface area contributed by atoms with Crippen molar-refractivity contribution < 1.29 is 9.94 Å². The zero-order chi connectivity index (χ0) is 14.1. The predicted octanol–water partition coefficient (Wildman–Crippen LogP) is 1.24. The molecule has 0 radical (unpaired) electrons. The molecule has 0 amide bonds. The Balaban J connectivity index is 1.94. The van der Waals surface area contributed by atoms with Gasteiger partial charge in [-0.05, 0) is 38.3 Å². The Labute approximate surface area is 118 Å². The van der Waals surface area contributed by atoms with Crippen LogP contribution in [0.5, 0.6) is 0 Å². The fraction of sp³-hybridized carbons (Fsp3) is 0.571. The number of oxime groups is 1. The predicted molar refractivity (Wildman–Crippen MR) is 76.2 cm³/mol. The monoisotopic (exact) mass is 276 g/mol. The highest BCUT2D eigenvalue weighted by Crippen LogP contribution is 2.32. The maximum atomic E-state index is 8.84. The summed E-state index contributed by atoms with van der Waals surface area (Å²) in [5, 5.41) is 11.9. The van der Waals surface area contributed by atoms with Gasteiger partial charge in [-0.2, -0.15) is 0 Å². The standard InChI is InChI=1S/C14H20N4O2/c1-9-7-10(14(15)17-19)8-13(16-9)18-5-6-20-12-4-2-3-11(12)18/h7-8,11-12,19H,2-6H2,1H3,(H2,15,17). The molecule has 108 valence electrons. The number of amidine groups is 1. The van der Waals surface area contributed by atoms with Crippen molar-refractivity contribution in [3.8, 4) is 0 Å². The first-order valence-electron chi connectivity index (χ1n) is 7.04. The molecule has 0 aromatic carbocycles. The molecule has 1 saturated heterocycles. The average Bonchev–Trinajstić information content (AvgIpc) is 2.94. The summed E-state index contributed by atoms with van der Waals surface area (Å²) < 4.78 is 5.82. The third kappa shape index (κ3) is 2.31. The number of pyridine rings is 1. The van der Waals surface area contributed by atoms with Gasteiger partial charge in [0.2, 0.25) is 0 Å². The third-order valence-corrected chi connectivity index (χ3v) is 4.12. The van der Waals surface area contributed by atoms with E-state index in [-0.39, 0.29) is 5.84 Å². The molecular formula is C14H20N4O2. The normalized spacial score (nSPS) is 26.6. The van der Waals surface area contributed by atoms with Gasteiger partial charge in [0, 0.05) is 17.8 Å². The molecule has 1 saturated carbocycles. The molecule has 0 spiro atoms. The number of hydrogen-bond donors (Lipinski definition) is 2. The molecule has 1 aliphatic heterocycles. The molecule has 2 aliphatic rings. The van der Waals surface area contributed by atoms with Crippen molar-refractivity contribution in [3.63, 3.8) is 0 Å². The summed E-state index contributed by atoms with van der Waals surface area (Å²) in [5.41, 5.74) is 7.27. The van der Waals surface area contributed by atoms with Crippen LogP contribution in [-0.4, -0.2) is 41.3 Å². The van der Waals surface area contributed by atoms with Crippen molar-refractivity contribution in [1.29, 1.82) is 0 Å². The topological polar surface area (TPSA) is 84.0 Å². The molecular weight excluding hydrogens is 256 g/mol. The Morgan fingerprint density at radius 3 is 3.15 bits per heavy atom. The van der Waals surface area contributed by atoms with Crippen LogP contribution in [0.2, 0.25) is 0 Å². The summed E-state index contributed by atoms with van der Waals surface area (Å²) in [6, 6.07) is 4.12. The average molecular weight is 276 g/mol. The van der Waals surface area contributed by atoms with Crippen LogP contribution in [0, 0.1) is 6.92 Å². The Hall–Kier alpha value is -1.82. The second kappa shape index (κ2) is 5.28. The van der Waals surface area contributed by atoms with Gasteiger partial charge in [-0.3, -0.25) is 0 Å². The minimum Gasteiger partial charge on any atom is -0.409 e. The molecule has 6 heteroatoms. The number of hydrogen-bond acceptors (Lipinski definition) is 5. The molecule has 3 rings (SSSR count). The van der Waals surface area contributed by atoms with E-state index in [1.807, 2.05) is 19.1 Å². The van der Waals surface area contributed by atoms with E-state index < -0.39 is 0 Å². The fourth-order valence-corrected chi connectivity index (χ4v) is 3.21. The number of nitrogens with two attached hydrogens (primary N) is 1. The van der Waals surface area contributed by atoms with E-state index in [4.69, 9.17) is 15.7 Å². The highest BCUT2D eigenvalue weighted by atomic mass is 16.5. The van der Waals surface area contributed by atoms with Crippen molar-refractivity contribution in [3.05, 3.63) is 23.4 Å². The van der Waals surface area contributed by atoms with Gasteiger partial charge in [0.1, 0.15) is 5.82 Å². The number of morpholine rings is 1. The van der Waals surface area contributed by atoms with Crippen LogP contribution in [0.15, 0.2) is 17.3 Å². The van der Waals surface area contributed by atoms with Crippen LogP contribution in [0.1, 0.15) is 30.5 Å². The van der Waals surface area contributed by atoms with Crippen molar-refractivity contribution >= 4 is 11.7 Å². The summed E-state index contributed by atoms with van der Waals surface area (Å²) in [5.74, 6) is 1.01. The van der Waals surface area contributed by atoms with E-state index in [0.29, 0.717) is 17.7 Å². The first kappa shape index (κ1) is 13.2. The number of nitrogens with zero attached hydrogens (tertiary/aromatic N) is 3. The first-order chi connectivity index (χ1) is 9.69. The summed E-state index contributed by atoms with van der Waals surface area (Å²) in [4.78, 5) is 6.92. The second-order valence-electron chi connectivity index (χ2n) is 5.44. The third-order valence-electron chi connectivity index (χ3n) is 4.12. The summed E-state index contributed by atoms with van der Waals surface area (Å²) in [6.07, 6.45) is 3.78.